The topological polar surface area (TPSA) is 93.7 Å². The summed E-state index contributed by atoms with van der Waals surface area (Å²) in [5.41, 5.74) is 0.569. The van der Waals surface area contributed by atoms with Crippen LogP contribution in [0.15, 0.2) is 24.3 Å². The van der Waals surface area contributed by atoms with Crippen LogP contribution >= 0.6 is 12.4 Å². The molecule has 1 aromatic carbocycles. The van der Waals surface area contributed by atoms with Crippen LogP contribution < -0.4 is 15.4 Å². The third kappa shape index (κ3) is 5.37. The molecule has 0 unspecified atom stereocenters. The van der Waals surface area contributed by atoms with Gasteiger partial charge >= 0.3 is 0 Å². The zero-order valence-corrected chi connectivity index (χ0v) is 17.7. The lowest BCUT2D eigenvalue weighted by molar-refractivity contribution is -0.119. The van der Waals surface area contributed by atoms with E-state index < -0.39 is 20.5 Å². The number of carbonyl (C=O) groups excluding carboxylic acids is 1. The average Bonchev–Trinajstić information content (AvgIpc) is 2.68. The number of anilines is 1. The number of nitrogens with one attached hydrogen (secondary N) is 2. The number of ether oxygens (including phenoxy) is 2. The summed E-state index contributed by atoms with van der Waals surface area (Å²) in [6.45, 7) is 3.26. The molecule has 2 aliphatic heterocycles. The molecule has 2 saturated heterocycles. The Hall–Kier alpha value is -1.35. The van der Waals surface area contributed by atoms with Gasteiger partial charge in [-0.15, -0.1) is 12.4 Å². The second-order valence-electron chi connectivity index (χ2n) is 7.36. The number of rotatable bonds is 6. The van der Waals surface area contributed by atoms with E-state index in [4.69, 9.17) is 9.47 Å². The first kappa shape index (κ1) is 22.9. The number of benzene rings is 1. The Morgan fingerprint density at radius 1 is 1.21 bits per heavy atom. The van der Waals surface area contributed by atoms with Gasteiger partial charge in [0.25, 0.3) is 0 Å². The summed E-state index contributed by atoms with van der Waals surface area (Å²) in [4.78, 5) is 12.8. The van der Waals surface area contributed by atoms with Crippen molar-refractivity contribution in [2.75, 3.05) is 44.5 Å². The average molecular weight is 433 g/mol. The molecule has 0 aromatic heterocycles. The summed E-state index contributed by atoms with van der Waals surface area (Å²) in [6, 6.07) is 7.08. The summed E-state index contributed by atoms with van der Waals surface area (Å²) in [6.07, 6.45) is 3.73. The van der Waals surface area contributed by atoms with Crippen LogP contribution in [0.25, 0.3) is 0 Å². The van der Waals surface area contributed by atoms with Crippen LogP contribution in [0, 0.1) is 5.92 Å². The second-order valence-corrected chi connectivity index (χ2v) is 9.69. The molecule has 28 heavy (non-hydrogen) atoms. The number of amides is 1. The summed E-state index contributed by atoms with van der Waals surface area (Å²) in [5.74, 6) is 0.786. The minimum Gasteiger partial charge on any atom is -0.493 e. The molecule has 158 valence electrons. The third-order valence-corrected chi connectivity index (χ3v) is 7.49. The molecule has 0 atom stereocenters. The zero-order valence-electron chi connectivity index (χ0n) is 16.1. The molecule has 0 aliphatic carbocycles. The Balaban J connectivity index is 0.00000280. The summed E-state index contributed by atoms with van der Waals surface area (Å²) < 4.78 is 34.4. The van der Waals surface area contributed by atoms with Crippen LogP contribution in [0.1, 0.15) is 25.7 Å². The fraction of sp³-hybridized carbons (Fsp3) is 0.632. The van der Waals surface area contributed by atoms with E-state index in [1.54, 1.807) is 24.3 Å². The number of sulfone groups is 1. The van der Waals surface area contributed by atoms with Gasteiger partial charge < -0.3 is 20.1 Å². The quantitative estimate of drug-likeness (QED) is 0.714. The van der Waals surface area contributed by atoms with E-state index in [0.29, 0.717) is 31.3 Å². The number of hydrogen-bond donors (Lipinski definition) is 2. The molecule has 0 radical (unpaired) electrons. The van der Waals surface area contributed by atoms with Gasteiger partial charge in [-0.3, -0.25) is 4.79 Å². The lowest BCUT2D eigenvalue weighted by Crippen LogP contribution is -2.55. The van der Waals surface area contributed by atoms with Crippen molar-refractivity contribution in [3.05, 3.63) is 24.3 Å². The standard InChI is InChI=1S/C19H28N2O5S.ClH/c1-27(23,24)19(8-10-20-11-9-19)18(22)21-16-2-4-17(5-3-16)26-14-15-6-12-25-13-7-15;/h2-5,15,20H,6-14H2,1H3,(H,21,22);1H. The molecule has 0 bridgehead atoms. The van der Waals surface area contributed by atoms with E-state index in [-0.39, 0.29) is 25.2 Å². The van der Waals surface area contributed by atoms with Crippen molar-refractivity contribution in [2.24, 2.45) is 5.92 Å². The maximum Gasteiger partial charge on any atom is 0.245 e. The predicted octanol–water partition coefficient (Wildman–Crippen LogP) is 2.02. The largest absolute Gasteiger partial charge is 0.493 e. The van der Waals surface area contributed by atoms with Gasteiger partial charge in [0.05, 0.1) is 6.61 Å². The van der Waals surface area contributed by atoms with Gasteiger partial charge in [-0.05, 0) is 69.0 Å². The van der Waals surface area contributed by atoms with Crippen molar-refractivity contribution >= 4 is 33.8 Å². The van der Waals surface area contributed by atoms with E-state index in [1.165, 1.54) is 0 Å². The number of piperidine rings is 1. The molecule has 7 nitrogen and oxygen atoms in total. The van der Waals surface area contributed by atoms with E-state index in [1.807, 2.05) is 0 Å². The molecular weight excluding hydrogens is 404 g/mol. The molecule has 2 heterocycles. The Morgan fingerprint density at radius 3 is 2.39 bits per heavy atom. The van der Waals surface area contributed by atoms with Crippen molar-refractivity contribution in [1.29, 1.82) is 0 Å². The van der Waals surface area contributed by atoms with Crippen molar-refractivity contribution in [1.82, 2.24) is 5.32 Å². The maximum absolute atomic E-state index is 12.8. The van der Waals surface area contributed by atoms with Gasteiger partial charge in [0, 0.05) is 25.2 Å². The molecule has 2 fully saturated rings. The summed E-state index contributed by atoms with van der Waals surface area (Å²) >= 11 is 0. The third-order valence-electron chi connectivity index (χ3n) is 5.47. The molecule has 1 aromatic rings. The monoisotopic (exact) mass is 432 g/mol. The number of carbonyl (C=O) groups is 1. The molecular formula is C19H29ClN2O5S. The molecule has 0 saturated carbocycles. The molecule has 2 N–H and O–H groups in total. The van der Waals surface area contributed by atoms with Crippen LogP contribution in [-0.4, -0.2) is 58.2 Å². The van der Waals surface area contributed by atoms with Gasteiger partial charge in [-0.1, -0.05) is 0 Å². The maximum atomic E-state index is 12.8. The minimum atomic E-state index is -3.52. The van der Waals surface area contributed by atoms with Gasteiger partial charge in [0.2, 0.25) is 5.91 Å². The highest BCUT2D eigenvalue weighted by Crippen LogP contribution is 2.30. The van der Waals surface area contributed by atoms with Crippen LogP contribution in [0.3, 0.4) is 0 Å². The van der Waals surface area contributed by atoms with Crippen LogP contribution in [0.5, 0.6) is 5.75 Å². The van der Waals surface area contributed by atoms with E-state index in [9.17, 15) is 13.2 Å². The Kier molecular flexibility index (Phi) is 8.12. The highest BCUT2D eigenvalue weighted by molar-refractivity contribution is 7.92. The Morgan fingerprint density at radius 2 is 1.82 bits per heavy atom. The molecule has 3 rings (SSSR count). The van der Waals surface area contributed by atoms with Gasteiger partial charge in [0.15, 0.2) is 14.6 Å². The Bertz CT molecular complexity index is 742. The van der Waals surface area contributed by atoms with Gasteiger partial charge in [-0.25, -0.2) is 8.42 Å². The van der Waals surface area contributed by atoms with Crippen LogP contribution in [-0.2, 0) is 19.4 Å². The van der Waals surface area contributed by atoms with Crippen LogP contribution in [0.4, 0.5) is 5.69 Å². The molecule has 9 heteroatoms. The Labute approximate surface area is 172 Å². The number of hydrogen-bond acceptors (Lipinski definition) is 6. The highest BCUT2D eigenvalue weighted by Gasteiger charge is 2.48. The van der Waals surface area contributed by atoms with Crippen molar-refractivity contribution in [3.8, 4) is 5.75 Å². The smallest absolute Gasteiger partial charge is 0.245 e. The van der Waals surface area contributed by atoms with E-state index >= 15 is 0 Å². The fourth-order valence-electron chi connectivity index (χ4n) is 3.60. The zero-order chi connectivity index (χ0) is 19.3. The predicted molar refractivity (Wildman–Crippen MR) is 111 cm³/mol. The van der Waals surface area contributed by atoms with Crippen LogP contribution in [0.2, 0.25) is 0 Å². The van der Waals surface area contributed by atoms with Crippen molar-refractivity contribution in [2.45, 2.75) is 30.4 Å². The first-order valence-corrected chi connectivity index (χ1v) is 11.3. The SMILES string of the molecule is CS(=O)(=O)C1(C(=O)Nc2ccc(OCC3CCOCC3)cc2)CCNCC1.Cl. The van der Waals surface area contributed by atoms with E-state index in [0.717, 1.165) is 38.1 Å². The minimum absolute atomic E-state index is 0. The second kappa shape index (κ2) is 9.91. The van der Waals surface area contributed by atoms with Gasteiger partial charge in [-0.2, -0.15) is 0 Å². The highest BCUT2D eigenvalue weighted by atomic mass is 35.5. The molecule has 0 spiro atoms. The van der Waals surface area contributed by atoms with E-state index in [2.05, 4.69) is 10.6 Å². The van der Waals surface area contributed by atoms with Crippen molar-refractivity contribution in [3.63, 3.8) is 0 Å². The molecule has 1 amide bonds. The summed E-state index contributed by atoms with van der Waals surface area (Å²) in [5, 5.41) is 5.88. The number of halogens is 1. The molecule has 2 aliphatic rings. The lowest BCUT2D eigenvalue weighted by atomic mass is 9.95. The van der Waals surface area contributed by atoms with Gasteiger partial charge in [0.1, 0.15) is 5.75 Å². The van der Waals surface area contributed by atoms with Crippen molar-refractivity contribution < 1.29 is 22.7 Å². The first-order chi connectivity index (χ1) is 12.9. The first-order valence-electron chi connectivity index (χ1n) is 9.43. The lowest BCUT2D eigenvalue weighted by Gasteiger charge is -2.34. The fourth-order valence-corrected chi connectivity index (χ4v) is 4.94. The summed E-state index contributed by atoms with van der Waals surface area (Å²) in [7, 11) is -3.52. The normalized spacial score (nSPS) is 20.0.